The standard InChI is InChI=1S/C17H28ClN3S/c1-16(2,3)11-6-8-12(9-7-11)21-15-13(18)14(17(4,5)22)19-10-20-15/h10-12,22H,6-9H2,1-5H3,(H,19,20,21). The molecule has 3 nitrogen and oxygen atoms in total. The van der Waals surface area contributed by atoms with Gasteiger partial charge in [0.2, 0.25) is 0 Å². The quantitative estimate of drug-likeness (QED) is 0.731. The van der Waals surface area contributed by atoms with Gasteiger partial charge in [0.15, 0.2) is 0 Å². The lowest BCUT2D eigenvalue weighted by molar-refractivity contribution is 0.173. The van der Waals surface area contributed by atoms with E-state index in [0.717, 1.165) is 17.4 Å². The molecule has 0 atom stereocenters. The average Bonchev–Trinajstić information content (AvgIpc) is 2.39. The largest absolute Gasteiger partial charge is 0.366 e. The van der Waals surface area contributed by atoms with E-state index < -0.39 is 0 Å². The van der Waals surface area contributed by atoms with Crippen molar-refractivity contribution in [1.29, 1.82) is 0 Å². The third-order valence-electron chi connectivity index (χ3n) is 4.66. The van der Waals surface area contributed by atoms with E-state index in [2.05, 4.69) is 48.7 Å². The van der Waals surface area contributed by atoms with Crippen LogP contribution in [0.3, 0.4) is 0 Å². The van der Waals surface area contributed by atoms with Gasteiger partial charge in [-0.25, -0.2) is 9.97 Å². The summed E-state index contributed by atoms with van der Waals surface area (Å²) in [4.78, 5) is 8.61. The third kappa shape index (κ3) is 4.29. The molecule has 1 aromatic heterocycles. The third-order valence-corrected chi connectivity index (χ3v) is 5.23. The van der Waals surface area contributed by atoms with Crippen LogP contribution < -0.4 is 5.32 Å². The molecule has 0 bridgehead atoms. The maximum atomic E-state index is 6.48. The van der Waals surface area contributed by atoms with Crippen molar-refractivity contribution in [3.05, 3.63) is 17.0 Å². The summed E-state index contributed by atoms with van der Waals surface area (Å²) in [5, 5.41) is 4.11. The fraction of sp³-hybridized carbons (Fsp3) is 0.765. The number of nitrogens with zero attached hydrogens (tertiary/aromatic N) is 2. The van der Waals surface area contributed by atoms with Crippen LogP contribution in [0.1, 0.15) is 66.0 Å². The van der Waals surface area contributed by atoms with Crippen LogP contribution in [-0.2, 0) is 4.75 Å². The first-order valence-electron chi connectivity index (χ1n) is 8.09. The molecule has 1 fully saturated rings. The van der Waals surface area contributed by atoms with Gasteiger partial charge >= 0.3 is 0 Å². The molecule has 0 spiro atoms. The summed E-state index contributed by atoms with van der Waals surface area (Å²) in [6, 6.07) is 0.446. The van der Waals surface area contributed by atoms with Crippen molar-refractivity contribution >= 4 is 30.0 Å². The van der Waals surface area contributed by atoms with E-state index >= 15 is 0 Å². The summed E-state index contributed by atoms with van der Waals surface area (Å²) in [5.74, 6) is 1.55. The Morgan fingerprint density at radius 1 is 1.09 bits per heavy atom. The molecule has 124 valence electrons. The molecule has 22 heavy (non-hydrogen) atoms. The van der Waals surface area contributed by atoms with Gasteiger partial charge in [-0.3, -0.25) is 0 Å². The Morgan fingerprint density at radius 2 is 1.68 bits per heavy atom. The first kappa shape index (κ1) is 17.9. The lowest BCUT2D eigenvalue weighted by Crippen LogP contribution is -2.32. The van der Waals surface area contributed by atoms with E-state index in [1.807, 2.05) is 13.8 Å². The summed E-state index contributed by atoms with van der Waals surface area (Å²) in [6.45, 7) is 11.0. The van der Waals surface area contributed by atoms with Crippen LogP contribution in [0.4, 0.5) is 5.82 Å². The summed E-state index contributed by atoms with van der Waals surface area (Å²) in [7, 11) is 0. The molecular formula is C17H28ClN3S. The average molecular weight is 342 g/mol. The number of anilines is 1. The highest BCUT2D eigenvalue weighted by Gasteiger charge is 2.30. The van der Waals surface area contributed by atoms with Crippen molar-refractivity contribution < 1.29 is 0 Å². The summed E-state index contributed by atoms with van der Waals surface area (Å²) in [5.41, 5.74) is 1.18. The zero-order valence-corrected chi connectivity index (χ0v) is 15.9. The molecule has 0 amide bonds. The van der Waals surface area contributed by atoms with E-state index in [1.165, 1.54) is 25.7 Å². The normalized spacial score (nSPS) is 23.4. The van der Waals surface area contributed by atoms with Gasteiger partial charge in [-0.1, -0.05) is 32.4 Å². The molecule has 1 saturated carbocycles. The molecule has 0 radical (unpaired) electrons. The first-order chi connectivity index (χ1) is 10.1. The van der Waals surface area contributed by atoms with Crippen molar-refractivity contribution in [2.24, 2.45) is 11.3 Å². The number of nitrogens with one attached hydrogen (secondary N) is 1. The summed E-state index contributed by atoms with van der Waals surface area (Å²) < 4.78 is -0.375. The van der Waals surface area contributed by atoms with E-state index in [0.29, 0.717) is 16.5 Å². The van der Waals surface area contributed by atoms with Gasteiger partial charge in [-0.05, 0) is 50.9 Å². The van der Waals surface area contributed by atoms with E-state index in [9.17, 15) is 0 Å². The molecule has 0 aromatic carbocycles. The molecule has 0 aliphatic heterocycles. The Balaban J connectivity index is 2.04. The number of thiol groups is 1. The highest BCUT2D eigenvalue weighted by Crippen LogP contribution is 2.39. The maximum Gasteiger partial charge on any atom is 0.148 e. The van der Waals surface area contributed by atoms with Crippen LogP contribution >= 0.6 is 24.2 Å². The first-order valence-corrected chi connectivity index (χ1v) is 8.91. The van der Waals surface area contributed by atoms with Crippen LogP contribution in [0.25, 0.3) is 0 Å². The van der Waals surface area contributed by atoms with Gasteiger partial charge in [0.25, 0.3) is 0 Å². The second-order valence-electron chi connectivity index (χ2n) is 8.00. The van der Waals surface area contributed by atoms with Gasteiger partial charge in [0, 0.05) is 6.04 Å². The highest BCUT2D eigenvalue weighted by atomic mass is 35.5. The topological polar surface area (TPSA) is 37.8 Å². The Labute approximate surface area is 145 Å². The lowest BCUT2D eigenvalue weighted by atomic mass is 9.71. The van der Waals surface area contributed by atoms with Crippen molar-refractivity contribution in [2.75, 3.05) is 5.32 Å². The van der Waals surface area contributed by atoms with Crippen LogP contribution in [0.5, 0.6) is 0 Å². The predicted molar refractivity (Wildman–Crippen MR) is 97.9 cm³/mol. The van der Waals surface area contributed by atoms with Gasteiger partial charge in [-0.2, -0.15) is 12.6 Å². The predicted octanol–water partition coefficient (Wildman–Crippen LogP) is 5.31. The Bertz CT molecular complexity index is 512. The highest BCUT2D eigenvalue weighted by molar-refractivity contribution is 7.81. The van der Waals surface area contributed by atoms with Gasteiger partial charge in [0.1, 0.15) is 17.2 Å². The Kier molecular flexibility index (Phi) is 5.33. The van der Waals surface area contributed by atoms with Crippen molar-refractivity contribution in [3.63, 3.8) is 0 Å². The van der Waals surface area contributed by atoms with E-state index in [-0.39, 0.29) is 4.75 Å². The van der Waals surface area contributed by atoms with Gasteiger partial charge in [-0.15, -0.1) is 0 Å². The second kappa shape index (κ2) is 6.56. The number of aromatic nitrogens is 2. The Morgan fingerprint density at radius 3 is 2.18 bits per heavy atom. The maximum absolute atomic E-state index is 6.48. The molecule has 0 saturated heterocycles. The molecule has 0 unspecified atom stereocenters. The molecule has 1 heterocycles. The molecule has 1 aliphatic carbocycles. The van der Waals surface area contributed by atoms with E-state index in [4.69, 9.17) is 11.6 Å². The molecular weight excluding hydrogens is 314 g/mol. The molecule has 2 rings (SSSR count). The van der Waals surface area contributed by atoms with Gasteiger partial charge < -0.3 is 5.32 Å². The monoisotopic (exact) mass is 341 g/mol. The van der Waals surface area contributed by atoms with Crippen LogP contribution in [0.2, 0.25) is 5.02 Å². The van der Waals surface area contributed by atoms with Crippen molar-refractivity contribution in [1.82, 2.24) is 9.97 Å². The van der Waals surface area contributed by atoms with Crippen LogP contribution in [0.15, 0.2) is 6.33 Å². The number of hydrogen-bond donors (Lipinski definition) is 2. The minimum Gasteiger partial charge on any atom is -0.366 e. The number of halogens is 1. The molecule has 5 heteroatoms. The molecule has 1 aliphatic rings. The lowest BCUT2D eigenvalue weighted by Gasteiger charge is -2.37. The van der Waals surface area contributed by atoms with Gasteiger partial charge in [0.05, 0.1) is 10.4 Å². The SMILES string of the molecule is CC(C)(S)c1ncnc(NC2CCC(C(C)(C)C)CC2)c1Cl. The van der Waals surface area contributed by atoms with E-state index in [1.54, 1.807) is 6.33 Å². The van der Waals surface area contributed by atoms with Crippen LogP contribution in [-0.4, -0.2) is 16.0 Å². The summed E-state index contributed by atoms with van der Waals surface area (Å²) >= 11 is 11.0. The second-order valence-corrected chi connectivity index (χ2v) is 9.50. The van der Waals surface area contributed by atoms with Crippen LogP contribution in [0, 0.1) is 11.3 Å². The van der Waals surface area contributed by atoms with Crippen molar-refractivity contribution in [2.45, 2.75) is 71.1 Å². The molecule has 1 aromatic rings. The summed E-state index contributed by atoms with van der Waals surface area (Å²) in [6.07, 6.45) is 6.43. The number of rotatable bonds is 3. The molecule has 1 N–H and O–H groups in total. The number of hydrogen-bond acceptors (Lipinski definition) is 4. The minimum absolute atomic E-state index is 0.375. The zero-order chi connectivity index (χ0) is 16.5. The van der Waals surface area contributed by atoms with Crippen molar-refractivity contribution in [3.8, 4) is 0 Å². The zero-order valence-electron chi connectivity index (χ0n) is 14.3. The minimum atomic E-state index is -0.375. The smallest absolute Gasteiger partial charge is 0.148 e. The fourth-order valence-electron chi connectivity index (χ4n) is 3.19. The Hall–Kier alpha value is -0.480. The fourth-order valence-corrected chi connectivity index (χ4v) is 3.82.